The largest absolute Gasteiger partial charge is 0.393 e. The first-order valence-corrected chi connectivity index (χ1v) is 12.1. The number of hydrogen-bond acceptors (Lipinski definition) is 6. The molecule has 5 nitrogen and oxygen atoms in total. The van der Waals surface area contributed by atoms with E-state index in [-0.39, 0.29) is 23.7 Å². The first kappa shape index (κ1) is 25.4. The Morgan fingerprint density at radius 1 is 1.33 bits per heavy atom. The Morgan fingerprint density at radius 2 is 2.13 bits per heavy atom. The molecule has 0 bridgehead atoms. The van der Waals surface area contributed by atoms with E-state index in [4.69, 9.17) is 9.84 Å². The smallest absolute Gasteiger partial charge is 0.158 e. The molecule has 1 aromatic rings. The van der Waals surface area contributed by atoms with E-state index in [9.17, 15) is 15.0 Å². The van der Waals surface area contributed by atoms with E-state index < -0.39 is 18.8 Å². The molecule has 2 rings (SSSR count). The molecule has 1 fully saturated rings. The molecule has 0 amide bonds. The number of ether oxygens (including phenoxy) is 1. The van der Waals surface area contributed by atoms with Crippen molar-refractivity contribution in [1.29, 1.82) is 0 Å². The van der Waals surface area contributed by atoms with Gasteiger partial charge in [-0.15, -0.1) is 11.3 Å². The van der Waals surface area contributed by atoms with Crippen LogP contribution in [-0.2, 0) is 16.0 Å². The van der Waals surface area contributed by atoms with Crippen LogP contribution in [0.1, 0.15) is 43.4 Å². The number of carbonyl (C=O) groups excluding carboxylic acids is 1. The lowest BCUT2D eigenvalue weighted by Crippen LogP contribution is -2.20. The molecule has 1 aliphatic carbocycles. The molecule has 1 heterocycles. The molecule has 168 valence electrons. The van der Waals surface area contributed by atoms with Crippen LogP contribution in [0.4, 0.5) is 0 Å². The van der Waals surface area contributed by atoms with E-state index >= 15 is 0 Å². The number of methoxy groups -OCH3 is 1. The summed E-state index contributed by atoms with van der Waals surface area (Å²) in [5.74, 6) is -0.270. The lowest BCUT2D eigenvalue weighted by atomic mass is 9.89. The molecule has 1 saturated carbocycles. The fourth-order valence-electron chi connectivity index (χ4n) is 3.89. The molecule has 1 aliphatic rings. The predicted molar refractivity (Wildman–Crippen MR) is 124 cm³/mol. The van der Waals surface area contributed by atoms with Gasteiger partial charge < -0.3 is 20.1 Å². The van der Waals surface area contributed by atoms with Gasteiger partial charge in [0.1, 0.15) is 6.61 Å². The fraction of sp³-hybridized carbons (Fsp3) is 0.609. The average molecular weight is 501 g/mol. The minimum atomic E-state index is -0.553. The van der Waals surface area contributed by atoms with Gasteiger partial charge in [0.2, 0.25) is 0 Å². The summed E-state index contributed by atoms with van der Waals surface area (Å²) in [7, 11) is 1.70. The summed E-state index contributed by atoms with van der Waals surface area (Å²) in [6, 6.07) is 4.17. The van der Waals surface area contributed by atoms with Gasteiger partial charge in [-0.05, 0) is 66.1 Å². The first-order valence-electron chi connectivity index (χ1n) is 10.5. The molecule has 5 unspecified atom stereocenters. The van der Waals surface area contributed by atoms with Gasteiger partial charge in [-0.2, -0.15) is 0 Å². The number of carbonyl (C=O) groups is 1. The maximum absolute atomic E-state index is 11.1. The third-order valence-electron chi connectivity index (χ3n) is 5.65. The van der Waals surface area contributed by atoms with Gasteiger partial charge >= 0.3 is 0 Å². The average Bonchev–Trinajstić information content (AvgIpc) is 3.26. The van der Waals surface area contributed by atoms with Crippen molar-refractivity contribution in [3.8, 4) is 0 Å². The van der Waals surface area contributed by atoms with Crippen molar-refractivity contribution in [2.75, 3.05) is 13.7 Å². The zero-order chi connectivity index (χ0) is 21.9. The summed E-state index contributed by atoms with van der Waals surface area (Å²) in [5.41, 5.74) is 0. The van der Waals surface area contributed by atoms with Crippen LogP contribution in [0.5, 0.6) is 0 Å². The number of aliphatic hydroxyl groups excluding tert-OH is 3. The van der Waals surface area contributed by atoms with Crippen LogP contribution in [0.2, 0.25) is 0 Å². The second-order valence-corrected chi connectivity index (χ2v) is 10.4. The number of thiophene rings is 1. The van der Waals surface area contributed by atoms with E-state index in [0.717, 1.165) is 23.0 Å². The number of allylic oxidation sites excluding steroid dienone is 2. The summed E-state index contributed by atoms with van der Waals surface area (Å²) >= 11 is 5.21. The van der Waals surface area contributed by atoms with Gasteiger partial charge in [-0.1, -0.05) is 24.3 Å². The zero-order valence-electron chi connectivity index (χ0n) is 17.5. The van der Waals surface area contributed by atoms with Crippen LogP contribution >= 0.6 is 27.3 Å². The third kappa shape index (κ3) is 8.36. The van der Waals surface area contributed by atoms with E-state index in [2.05, 4.69) is 28.1 Å². The van der Waals surface area contributed by atoms with Crippen LogP contribution in [0.25, 0.3) is 0 Å². The Morgan fingerprint density at radius 3 is 2.80 bits per heavy atom. The maximum atomic E-state index is 11.1. The van der Waals surface area contributed by atoms with Crippen LogP contribution in [-0.4, -0.2) is 53.1 Å². The van der Waals surface area contributed by atoms with Crippen LogP contribution in [0.15, 0.2) is 40.2 Å². The normalized spacial score (nSPS) is 25.5. The fourth-order valence-corrected chi connectivity index (χ4v) is 5.39. The molecule has 0 saturated heterocycles. The molecule has 5 atom stereocenters. The van der Waals surface area contributed by atoms with Gasteiger partial charge in [0.25, 0.3) is 0 Å². The van der Waals surface area contributed by atoms with Gasteiger partial charge in [0, 0.05) is 30.7 Å². The highest BCUT2D eigenvalue weighted by Gasteiger charge is 2.39. The molecule has 30 heavy (non-hydrogen) atoms. The monoisotopic (exact) mass is 500 g/mol. The van der Waals surface area contributed by atoms with Crippen molar-refractivity contribution in [2.24, 2.45) is 11.8 Å². The molecule has 0 aliphatic heterocycles. The maximum Gasteiger partial charge on any atom is 0.158 e. The number of hydrogen-bond donors (Lipinski definition) is 3. The highest BCUT2D eigenvalue weighted by atomic mass is 79.9. The Labute approximate surface area is 191 Å². The Bertz CT molecular complexity index is 702. The summed E-state index contributed by atoms with van der Waals surface area (Å²) < 4.78 is 6.72. The zero-order valence-corrected chi connectivity index (χ0v) is 19.9. The summed E-state index contributed by atoms with van der Waals surface area (Å²) in [6.45, 7) is -0.392. The Kier molecular flexibility index (Phi) is 11.5. The first-order chi connectivity index (χ1) is 14.4. The lowest BCUT2D eigenvalue weighted by Gasteiger charge is -2.20. The van der Waals surface area contributed by atoms with E-state index in [0.29, 0.717) is 25.7 Å². The molecule has 3 N–H and O–H groups in total. The lowest BCUT2D eigenvalue weighted by molar-refractivity contribution is -0.121. The Balaban J connectivity index is 1.85. The second-order valence-electron chi connectivity index (χ2n) is 7.81. The number of unbranched alkanes of at least 4 members (excludes halogenated alkanes) is 1. The minimum absolute atomic E-state index is 0.0302. The standard InChI is InChI=1S/C23H33BrO5S/c1-29-17(8-10-18-11-13-23(24)30-18)9-12-20-19(21(27)14-22(20)28)7-5-3-2-4-6-16(26)15-25/h3,5,9,11-13,17,19-22,25,27-28H,2,4,6-8,10,14-15H2,1H3/b5-3+,12-9+. The predicted octanol–water partition coefficient (Wildman–Crippen LogP) is 4.05. The van der Waals surface area contributed by atoms with Gasteiger partial charge in [-0.25, -0.2) is 0 Å². The van der Waals surface area contributed by atoms with Crippen molar-refractivity contribution in [1.82, 2.24) is 0 Å². The molecular formula is C23H33BrO5S. The number of ketones is 1. The van der Waals surface area contributed by atoms with Crippen LogP contribution < -0.4 is 0 Å². The van der Waals surface area contributed by atoms with Crippen molar-refractivity contribution in [3.05, 3.63) is 45.1 Å². The van der Waals surface area contributed by atoms with E-state index in [1.807, 2.05) is 24.3 Å². The van der Waals surface area contributed by atoms with E-state index in [1.165, 1.54) is 4.88 Å². The van der Waals surface area contributed by atoms with Crippen molar-refractivity contribution in [2.45, 2.75) is 63.3 Å². The van der Waals surface area contributed by atoms with Crippen LogP contribution in [0.3, 0.4) is 0 Å². The minimum Gasteiger partial charge on any atom is -0.393 e. The van der Waals surface area contributed by atoms with Gasteiger partial charge in [0.15, 0.2) is 5.78 Å². The second kappa shape index (κ2) is 13.6. The summed E-state index contributed by atoms with van der Waals surface area (Å²) in [6.07, 6.45) is 11.7. The van der Waals surface area contributed by atoms with Gasteiger partial charge in [-0.3, -0.25) is 4.79 Å². The molecule has 7 heteroatoms. The highest BCUT2D eigenvalue weighted by molar-refractivity contribution is 9.11. The van der Waals surface area contributed by atoms with Crippen LogP contribution in [0, 0.1) is 11.8 Å². The van der Waals surface area contributed by atoms with Crippen molar-refractivity contribution in [3.63, 3.8) is 0 Å². The highest BCUT2D eigenvalue weighted by Crippen LogP contribution is 2.36. The summed E-state index contributed by atoms with van der Waals surface area (Å²) in [5, 5.41) is 29.5. The van der Waals surface area contributed by atoms with Crippen molar-refractivity contribution < 1.29 is 24.9 Å². The van der Waals surface area contributed by atoms with E-state index in [1.54, 1.807) is 18.4 Å². The SMILES string of the molecule is COC(/C=C/C1C(O)CC(O)C1C/C=C/CCCC(=O)CO)CCc1ccc(Br)s1. The number of rotatable bonds is 13. The summed E-state index contributed by atoms with van der Waals surface area (Å²) in [4.78, 5) is 12.4. The quantitative estimate of drug-likeness (QED) is 0.281. The molecule has 0 radical (unpaired) electrons. The van der Waals surface area contributed by atoms with Gasteiger partial charge in [0.05, 0.1) is 22.1 Å². The molecule has 0 aromatic carbocycles. The number of halogens is 1. The topological polar surface area (TPSA) is 87.0 Å². The van der Waals surface area contributed by atoms with Crippen molar-refractivity contribution >= 4 is 33.0 Å². The molecular weight excluding hydrogens is 468 g/mol. The molecule has 0 spiro atoms. The number of Topliss-reactive ketones (excluding diaryl/α,β-unsaturated/α-hetero) is 1. The number of aryl methyl sites for hydroxylation is 1. The third-order valence-corrected chi connectivity index (χ3v) is 7.33. The molecule has 1 aromatic heterocycles. The number of aliphatic hydroxyl groups is 3. The Hall–Kier alpha value is -0.830.